The van der Waals surface area contributed by atoms with Crippen LogP contribution in [0, 0.1) is 12.8 Å². The highest BCUT2D eigenvalue weighted by molar-refractivity contribution is 5.36. The first kappa shape index (κ1) is 14.0. The molecule has 1 aromatic rings. The van der Waals surface area contributed by atoms with Crippen LogP contribution in [0.1, 0.15) is 30.5 Å². The van der Waals surface area contributed by atoms with Gasteiger partial charge in [0.05, 0.1) is 7.11 Å². The van der Waals surface area contributed by atoms with E-state index in [1.54, 1.807) is 14.2 Å². The molecule has 2 unspecified atom stereocenters. The molecule has 96 valence electrons. The van der Waals surface area contributed by atoms with E-state index in [9.17, 15) is 0 Å². The Morgan fingerprint density at radius 2 is 2.00 bits per heavy atom. The van der Waals surface area contributed by atoms with Gasteiger partial charge >= 0.3 is 0 Å². The summed E-state index contributed by atoms with van der Waals surface area (Å²) in [4.78, 5) is 0. The van der Waals surface area contributed by atoms with Gasteiger partial charge in [0.25, 0.3) is 0 Å². The summed E-state index contributed by atoms with van der Waals surface area (Å²) in [5.74, 6) is 1.35. The zero-order valence-corrected chi connectivity index (χ0v) is 11.2. The van der Waals surface area contributed by atoms with Crippen LogP contribution in [0.4, 0.5) is 0 Å². The van der Waals surface area contributed by atoms with Crippen LogP contribution in [0.3, 0.4) is 0 Å². The van der Waals surface area contributed by atoms with E-state index in [1.165, 1.54) is 11.1 Å². The Hall–Kier alpha value is -1.06. The molecule has 0 aromatic heterocycles. The zero-order chi connectivity index (χ0) is 12.8. The first-order valence-electron chi connectivity index (χ1n) is 5.97. The van der Waals surface area contributed by atoms with E-state index in [1.807, 2.05) is 12.1 Å². The number of aryl methyl sites for hydroxylation is 1. The lowest BCUT2D eigenvalue weighted by Crippen LogP contribution is -2.17. The average Bonchev–Trinajstić information content (AvgIpc) is 2.28. The molecule has 0 aliphatic carbocycles. The summed E-state index contributed by atoms with van der Waals surface area (Å²) in [5.41, 5.74) is 8.59. The lowest BCUT2D eigenvalue weighted by molar-refractivity contribution is 0.152. The van der Waals surface area contributed by atoms with Gasteiger partial charge in [-0.1, -0.05) is 13.0 Å². The maximum absolute atomic E-state index is 6.22. The van der Waals surface area contributed by atoms with Crippen LogP contribution in [0.15, 0.2) is 18.2 Å². The number of benzene rings is 1. The Bertz CT molecular complexity index is 352. The Balaban J connectivity index is 2.71. The summed E-state index contributed by atoms with van der Waals surface area (Å²) >= 11 is 0. The van der Waals surface area contributed by atoms with Crippen LogP contribution in [0.2, 0.25) is 0 Å². The molecule has 0 spiro atoms. The standard InChI is InChI=1S/C14H23NO2/c1-10(9-16-3)7-14(15)13-6-5-12(17-4)8-11(13)2/h5-6,8,10,14H,7,9,15H2,1-4H3. The predicted molar refractivity (Wildman–Crippen MR) is 70.3 cm³/mol. The number of methoxy groups -OCH3 is 2. The van der Waals surface area contributed by atoms with Gasteiger partial charge in [0, 0.05) is 19.8 Å². The summed E-state index contributed by atoms with van der Waals surface area (Å²) in [6.07, 6.45) is 0.932. The molecule has 0 fully saturated rings. The summed E-state index contributed by atoms with van der Waals surface area (Å²) in [6, 6.07) is 6.10. The van der Waals surface area contributed by atoms with E-state index < -0.39 is 0 Å². The minimum absolute atomic E-state index is 0.0612. The van der Waals surface area contributed by atoms with Gasteiger partial charge in [-0.25, -0.2) is 0 Å². The van der Waals surface area contributed by atoms with Gasteiger partial charge in [-0.2, -0.15) is 0 Å². The molecule has 2 atom stereocenters. The topological polar surface area (TPSA) is 44.5 Å². The second kappa shape index (κ2) is 6.62. The van der Waals surface area contributed by atoms with Crippen molar-refractivity contribution in [2.75, 3.05) is 20.8 Å². The molecule has 3 heteroatoms. The molecule has 0 amide bonds. The van der Waals surface area contributed by atoms with Crippen molar-refractivity contribution in [3.8, 4) is 5.75 Å². The maximum atomic E-state index is 6.22. The number of rotatable bonds is 6. The van der Waals surface area contributed by atoms with Crippen molar-refractivity contribution in [3.05, 3.63) is 29.3 Å². The van der Waals surface area contributed by atoms with Crippen molar-refractivity contribution in [3.63, 3.8) is 0 Å². The molecule has 0 bridgehead atoms. The van der Waals surface area contributed by atoms with Crippen LogP contribution < -0.4 is 10.5 Å². The van der Waals surface area contributed by atoms with Crippen molar-refractivity contribution in [1.82, 2.24) is 0 Å². The fraction of sp³-hybridized carbons (Fsp3) is 0.571. The first-order valence-corrected chi connectivity index (χ1v) is 5.97. The second-order valence-corrected chi connectivity index (χ2v) is 4.63. The van der Waals surface area contributed by atoms with E-state index in [2.05, 4.69) is 19.9 Å². The van der Waals surface area contributed by atoms with Gasteiger partial charge in [0.2, 0.25) is 0 Å². The summed E-state index contributed by atoms with van der Waals surface area (Å²) in [7, 11) is 3.40. The summed E-state index contributed by atoms with van der Waals surface area (Å²) in [6.45, 7) is 4.98. The second-order valence-electron chi connectivity index (χ2n) is 4.63. The molecule has 0 aliphatic rings. The molecule has 17 heavy (non-hydrogen) atoms. The number of hydrogen-bond donors (Lipinski definition) is 1. The van der Waals surface area contributed by atoms with E-state index in [-0.39, 0.29) is 6.04 Å². The molecule has 1 rings (SSSR count). The highest BCUT2D eigenvalue weighted by Gasteiger charge is 2.13. The van der Waals surface area contributed by atoms with Crippen molar-refractivity contribution >= 4 is 0 Å². The van der Waals surface area contributed by atoms with Crippen molar-refractivity contribution in [1.29, 1.82) is 0 Å². The minimum Gasteiger partial charge on any atom is -0.497 e. The molecule has 0 aliphatic heterocycles. The monoisotopic (exact) mass is 237 g/mol. The molecule has 0 saturated carbocycles. The fourth-order valence-corrected chi connectivity index (χ4v) is 2.10. The van der Waals surface area contributed by atoms with E-state index in [4.69, 9.17) is 15.2 Å². The van der Waals surface area contributed by atoms with Gasteiger partial charge in [-0.05, 0) is 42.5 Å². The van der Waals surface area contributed by atoms with Crippen LogP contribution >= 0.6 is 0 Å². The Labute approximate surface area is 104 Å². The van der Waals surface area contributed by atoms with Crippen LogP contribution in [-0.2, 0) is 4.74 Å². The molecule has 0 heterocycles. The van der Waals surface area contributed by atoms with Crippen molar-refractivity contribution in [2.45, 2.75) is 26.3 Å². The van der Waals surface area contributed by atoms with Gasteiger partial charge in [0.1, 0.15) is 5.75 Å². The smallest absolute Gasteiger partial charge is 0.119 e. The van der Waals surface area contributed by atoms with Crippen LogP contribution in [-0.4, -0.2) is 20.8 Å². The maximum Gasteiger partial charge on any atom is 0.119 e. The van der Waals surface area contributed by atoms with Crippen molar-refractivity contribution < 1.29 is 9.47 Å². The molecular formula is C14H23NO2. The molecule has 2 N–H and O–H groups in total. The van der Waals surface area contributed by atoms with Gasteiger partial charge < -0.3 is 15.2 Å². The molecule has 0 saturated heterocycles. The van der Waals surface area contributed by atoms with E-state index in [0.29, 0.717) is 5.92 Å². The highest BCUT2D eigenvalue weighted by atomic mass is 16.5. The molecule has 3 nitrogen and oxygen atoms in total. The quantitative estimate of drug-likeness (QED) is 0.827. The number of ether oxygens (including phenoxy) is 2. The van der Waals surface area contributed by atoms with Crippen LogP contribution in [0.5, 0.6) is 5.75 Å². The normalized spacial score (nSPS) is 14.4. The zero-order valence-electron chi connectivity index (χ0n) is 11.2. The average molecular weight is 237 g/mol. The van der Waals surface area contributed by atoms with Crippen LogP contribution in [0.25, 0.3) is 0 Å². The Morgan fingerprint density at radius 1 is 1.29 bits per heavy atom. The third-order valence-corrected chi connectivity index (χ3v) is 2.98. The molecular weight excluding hydrogens is 214 g/mol. The first-order chi connectivity index (χ1) is 8.08. The van der Waals surface area contributed by atoms with Crippen molar-refractivity contribution in [2.24, 2.45) is 11.7 Å². The third kappa shape index (κ3) is 4.02. The largest absolute Gasteiger partial charge is 0.497 e. The molecule has 0 radical (unpaired) electrons. The SMILES string of the molecule is COCC(C)CC(N)c1ccc(OC)cc1C. The Morgan fingerprint density at radius 3 is 2.53 bits per heavy atom. The van der Waals surface area contributed by atoms with E-state index in [0.717, 1.165) is 18.8 Å². The highest BCUT2D eigenvalue weighted by Crippen LogP contribution is 2.25. The van der Waals surface area contributed by atoms with Gasteiger partial charge in [0.15, 0.2) is 0 Å². The number of nitrogens with two attached hydrogens (primary N) is 1. The lowest BCUT2D eigenvalue weighted by Gasteiger charge is -2.19. The van der Waals surface area contributed by atoms with Gasteiger partial charge in [-0.3, -0.25) is 0 Å². The third-order valence-electron chi connectivity index (χ3n) is 2.98. The van der Waals surface area contributed by atoms with E-state index >= 15 is 0 Å². The predicted octanol–water partition coefficient (Wildman–Crippen LogP) is 2.68. The lowest BCUT2D eigenvalue weighted by atomic mass is 9.94. The number of hydrogen-bond acceptors (Lipinski definition) is 3. The summed E-state index contributed by atoms with van der Waals surface area (Å²) < 4.78 is 10.3. The Kier molecular flexibility index (Phi) is 5.45. The fourth-order valence-electron chi connectivity index (χ4n) is 2.10. The van der Waals surface area contributed by atoms with Gasteiger partial charge in [-0.15, -0.1) is 0 Å². The summed E-state index contributed by atoms with van der Waals surface area (Å²) in [5, 5.41) is 0. The minimum atomic E-state index is 0.0612. The molecule has 1 aromatic carbocycles.